The van der Waals surface area contributed by atoms with Crippen molar-refractivity contribution >= 4 is 0 Å². The van der Waals surface area contributed by atoms with Crippen molar-refractivity contribution in [1.29, 1.82) is 0 Å². The lowest BCUT2D eigenvalue weighted by atomic mass is 9.97. The molecular weight excluding hydrogens is 198 g/mol. The third-order valence-electron chi connectivity index (χ3n) is 4.64. The Kier molecular flexibility index (Phi) is 3.46. The molecule has 3 rings (SSSR count). The van der Waals surface area contributed by atoms with E-state index in [4.69, 9.17) is 0 Å². The Labute approximate surface area is 99.0 Å². The average Bonchev–Trinajstić information content (AvgIpc) is 2.74. The van der Waals surface area contributed by atoms with Crippen molar-refractivity contribution < 1.29 is 0 Å². The number of nitrogens with zero attached hydrogens (tertiary/aromatic N) is 1. The average molecular weight is 223 g/mol. The quantitative estimate of drug-likeness (QED) is 0.730. The molecule has 0 spiro atoms. The van der Waals surface area contributed by atoms with Crippen LogP contribution in [0.1, 0.15) is 38.5 Å². The van der Waals surface area contributed by atoms with E-state index in [1.54, 1.807) is 0 Å². The topological polar surface area (TPSA) is 27.3 Å². The third kappa shape index (κ3) is 2.27. The van der Waals surface area contributed by atoms with Crippen LogP contribution in [-0.4, -0.2) is 49.2 Å². The summed E-state index contributed by atoms with van der Waals surface area (Å²) in [5.74, 6) is 0. The Balaban J connectivity index is 1.54. The van der Waals surface area contributed by atoms with Gasteiger partial charge in [-0.05, 0) is 51.7 Å². The normalized spacial score (nSPS) is 37.5. The molecule has 3 heterocycles. The van der Waals surface area contributed by atoms with Crippen molar-refractivity contribution in [3.05, 3.63) is 0 Å². The van der Waals surface area contributed by atoms with Crippen LogP contribution in [0.5, 0.6) is 0 Å². The summed E-state index contributed by atoms with van der Waals surface area (Å²) in [6.45, 7) is 5.11. The lowest BCUT2D eigenvalue weighted by Gasteiger charge is -2.35. The highest BCUT2D eigenvalue weighted by Crippen LogP contribution is 2.27. The predicted octanol–water partition coefficient (Wildman–Crippen LogP) is 0.955. The van der Waals surface area contributed by atoms with E-state index in [-0.39, 0.29) is 0 Å². The molecule has 3 saturated heterocycles. The van der Waals surface area contributed by atoms with E-state index in [9.17, 15) is 0 Å². The minimum absolute atomic E-state index is 0.785. The first-order valence-corrected chi connectivity index (χ1v) is 7.14. The zero-order chi connectivity index (χ0) is 10.8. The molecule has 2 unspecified atom stereocenters. The molecule has 0 saturated carbocycles. The third-order valence-corrected chi connectivity index (χ3v) is 4.64. The van der Waals surface area contributed by atoms with E-state index in [1.165, 1.54) is 64.7 Å². The molecule has 16 heavy (non-hydrogen) atoms. The first-order valence-electron chi connectivity index (χ1n) is 7.14. The van der Waals surface area contributed by atoms with Gasteiger partial charge in [-0.2, -0.15) is 0 Å². The molecule has 2 atom stereocenters. The van der Waals surface area contributed by atoms with E-state index in [0.29, 0.717) is 0 Å². The summed E-state index contributed by atoms with van der Waals surface area (Å²) >= 11 is 0. The lowest BCUT2D eigenvalue weighted by Crippen LogP contribution is -2.50. The highest BCUT2D eigenvalue weighted by Gasteiger charge is 2.36. The van der Waals surface area contributed by atoms with Gasteiger partial charge in [0.2, 0.25) is 0 Å². The molecule has 3 aliphatic rings. The second kappa shape index (κ2) is 5.03. The summed E-state index contributed by atoms with van der Waals surface area (Å²) < 4.78 is 0. The van der Waals surface area contributed by atoms with Gasteiger partial charge in [0.1, 0.15) is 0 Å². The number of hydrogen-bond donors (Lipinski definition) is 2. The van der Waals surface area contributed by atoms with E-state index in [0.717, 1.165) is 18.1 Å². The summed E-state index contributed by atoms with van der Waals surface area (Å²) in [5.41, 5.74) is 0. The van der Waals surface area contributed by atoms with Gasteiger partial charge in [-0.25, -0.2) is 0 Å². The molecule has 3 heteroatoms. The molecule has 3 aliphatic heterocycles. The largest absolute Gasteiger partial charge is 0.317 e. The van der Waals surface area contributed by atoms with Crippen molar-refractivity contribution in [2.45, 2.75) is 56.7 Å². The van der Waals surface area contributed by atoms with E-state index < -0.39 is 0 Å². The molecule has 0 aromatic heterocycles. The van der Waals surface area contributed by atoms with Crippen molar-refractivity contribution in [1.82, 2.24) is 15.5 Å². The second-order valence-electron chi connectivity index (χ2n) is 5.69. The van der Waals surface area contributed by atoms with Gasteiger partial charge >= 0.3 is 0 Å². The van der Waals surface area contributed by atoms with Crippen LogP contribution in [0.2, 0.25) is 0 Å². The van der Waals surface area contributed by atoms with E-state index >= 15 is 0 Å². The van der Waals surface area contributed by atoms with Crippen molar-refractivity contribution in [3.8, 4) is 0 Å². The lowest BCUT2D eigenvalue weighted by molar-refractivity contribution is 0.173. The number of rotatable bonds is 2. The number of piperidine rings is 2. The number of hydrogen-bond acceptors (Lipinski definition) is 3. The van der Waals surface area contributed by atoms with Crippen LogP contribution in [0.4, 0.5) is 0 Å². The molecule has 2 N–H and O–H groups in total. The molecule has 3 fully saturated rings. The first-order chi connectivity index (χ1) is 7.93. The Hall–Kier alpha value is -0.120. The number of fused-ring (bicyclic) bond motifs is 1. The van der Waals surface area contributed by atoms with Crippen LogP contribution in [0, 0.1) is 0 Å². The SMILES string of the molecule is C1CCN2CCC(NC3CCNCC3)C2C1. The fourth-order valence-corrected chi connectivity index (χ4v) is 3.73. The molecule has 0 aromatic carbocycles. The minimum atomic E-state index is 0.785. The van der Waals surface area contributed by atoms with E-state index in [2.05, 4.69) is 15.5 Å². The highest BCUT2D eigenvalue weighted by atomic mass is 15.2. The van der Waals surface area contributed by atoms with Gasteiger partial charge in [-0.1, -0.05) is 6.42 Å². The van der Waals surface area contributed by atoms with Crippen LogP contribution in [0.3, 0.4) is 0 Å². The Morgan fingerprint density at radius 3 is 2.69 bits per heavy atom. The molecule has 0 aromatic rings. The maximum absolute atomic E-state index is 3.94. The van der Waals surface area contributed by atoms with E-state index in [1.807, 2.05) is 0 Å². The minimum Gasteiger partial charge on any atom is -0.317 e. The van der Waals surface area contributed by atoms with Gasteiger partial charge in [0.25, 0.3) is 0 Å². The summed E-state index contributed by atoms with van der Waals surface area (Å²) in [6, 6.07) is 2.44. The zero-order valence-corrected chi connectivity index (χ0v) is 10.3. The van der Waals surface area contributed by atoms with Gasteiger partial charge in [0.15, 0.2) is 0 Å². The molecule has 0 amide bonds. The second-order valence-corrected chi connectivity index (χ2v) is 5.69. The van der Waals surface area contributed by atoms with Crippen LogP contribution in [0.15, 0.2) is 0 Å². The smallest absolute Gasteiger partial charge is 0.0249 e. The summed E-state index contributed by atoms with van der Waals surface area (Å²) in [5, 5.41) is 7.38. The zero-order valence-electron chi connectivity index (χ0n) is 10.3. The standard InChI is InChI=1S/C13H25N3/c1-2-9-16-10-6-12(13(16)3-1)15-11-4-7-14-8-5-11/h11-15H,1-10H2. The van der Waals surface area contributed by atoms with Crippen LogP contribution < -0.4 is 10.6 Å². The van der Waals surface area contributed by atoms with Crippen LogP contribution in [0.25, 0.3) is 0 Å². The molecule has 0 radical (unpaired) electrons. The monoisotopic (exact) mass is 223 g/mol. The predicted molar refractivity (Wildman–Crippen MR) is 66.6 cm³/mol. The number of nitrogens with one attached hydrogen (secondary N) is 2. The van der Waals surface area contributed by atoms with Crippen LogP contribution >= 0.6 is 0 Å². The maximum atomic E-state index is 3.94. The van der Waals surface area contributed by atoms with Gasteiger partial charge in [0, 0.05) is 24.7 Å². The Morgan fingerprint density at radius 2 is 1.81 bits per heavy atom. The fraction of sp³-hybridized carbons (Fsp3) is 1.00. The van der Waals surface area contributed by atoms with Crippen molar-refractivity contribution in [2.75, 3.05) is 26.2 Å². The molecular formula is C13H25N3. The Bertz CT molecular complexity index is 225. The van der Waals surface area contributed by atoms with Gasteiger partial charge in [-0.3, -0.25) is 4.90 Å². The molecule has 92 valence electrons. The first kappa shape index (κ1) is 11.0. The molecule has 3 nitrogen and oxygen atoms in total. The van der Waals surface area contributed by atoms with Crippen molar-refractivity contribution in [2.24, 2.45) is 0 Å². The summed E-state index contributed by atoms with van der Waals surface area (Å²) in [4.78, 5) is 2.72. The van der Waals surface area contributed by atoms with Crippen molar-refractivity contribution in [3.63, 3.8) is 0 Å². The van der Waals surface area contributed by atoms with Gasteiger partial charge in [-0.15, -0.1) is 0 Å². The maximum Gasteiger partial charge on any atom is 0.0249 e. The summed E-state index contributed by atoms with van der Waals surface area (Å²) in [6.07, 6.45) is 8.34. The fourth-order valence-electron chi connectivity index (χ4n) is 3.73. The Morgan fingerprint density at radius 1 is 0.938 bits per heavy atom. The van der Waals surface area contributed by atoms with Crippen LogP contribution in [-0.2, 0) is 0 Å². The highest BCUT2D eigenvalue weighted by molar-refractivity contribution is 4.95. The molecule has 0 aliphatic carbocycles. The van der Waals surface area contributed by atoms with Gasteiger partial charge in [0.05, 0.1) is 0 Å². The molecule has 0 bridgehead atoms. The van der Waals surface area contributed by atoms with Gasteiger partial charge < -0.3 is 10.6 Å². The summed E-state index contributed by atoms with van der Waals surface area (Å²) in [7, 11) is 0.